The number of aromatic nitrogens is 2. The van der Waals surface area contributed by atoms with Gasteiger partial charge in [0.25, 0.3) is 0 Å². The summed E-state index contributed by atoms with van der Waals surface area (Å²) >= 11 is 1.76. The van der Waals surface area contributed by atoms with Gasteiger partial charge in [-0.2, -0.15) is 0 Å². The minimum atomic E-state index is 0.375. The molecule has 130 valence electrons. The van der Waals surface area contributed by atoms with Crippen LogP contribution in [0.3, 0.4) is 0 Å². The normalized spacial score (nSPS) is 11.2. The van der Waals surface area contributed by atoms with Crippen molar-refractivity contribution in [1.29, 1.82) is 0 Å². The van der Waals surface area contributed by atoms with Crippen LogP contribution in [0, 0.1) is 6.92 Å². The summed E-state index contributed by atoms with van der Waals surface area (Å²) in [5, 5.41) is 1.17. The summed E-state index contributed by atoms with van der Waals surface area (Å²) in [4.78, 5) is 6.01. The van der Waals surface area contributed by atoms with E-state index in [0.717, 1.165) is 11.5 Å². The SMILES string of the molecule is Cc1nc(C(C)C)c(Sc2ccccc2)n1COCc1ccccc1. The zero-order valence-electron chi connectivity index (χ0n) is 15.0. The Labute approximate surface area is 154 Å². The molecule has 4 heteroatoms. The van der Waals surface area contributed by atoms with E-state index in [2.05, 4.69) is 54.8 Å². The highest BCUT2D eigenvalue weighted by atomic mass is 32.2. The molecule has 0 aliphatic carbocycles. The molecule has 25 heavy (non-hydrogen) atoms. The maximum atomic E-state index is 5.97. The van der Waals surface area contributed by atoms with Gasteiger partial charge in [-0.3, -0.25) is 4.57 Å². The first kappa shape index (κ1) is 17.8. The summed E-state index contributed by atoms with van der Waals surface area (Å²) in [6.07, 6.45) is 0. The molecule has 0 saturated heterocycles. The summed E-state index contributed by atoms with van der Waals surface area (Å²) in [5.41, 5.74) is 2.32. The van der Waals surface area contributed by atoms with Gasteiger partial charge >= 0.3 is 0 Å². The Bertz CT molecular complexity index is 798. The summed E-state index contributed by atoms with van der Waals surface area (Å²) in [7, 11) is 0. The standard InChI is InChI=1S/C21H24N2OS/c1-16(2)20-21(25-19-12-8-5-9-13-19)23(17(3)22-20)15-24-14-18-10-6-4-7-11-18/h4-13,16H,14-15H2,1-3H3. The van der Waals surface area contributed by atoms with Crippen LogP contribution in [0.1, 0.15) is 36.8 Å². The summed E-state index contributed by atoms with van der Waals surface area (Å²) in [6.45, 7) is 7.53. The molecule has 3 nitrogen and oxygen atoms in total. The number of hydrogen-bond donors (Lipinski definition) is 0. The monoisotopic (exact) mass is 352 g/mol. The Hall–Kier alpha value is -2.04. The fourth-order valence-corrected chi connectivity index (χ4v) is 3.83. The summed E-state index contributed by atoms with van der Waals surface area (Å²) < 4.78 is 8.14. The molecule has 3 rings (SSSR count). The summed E-state index contributed by atoms with van der Waals surface area (Å²) in [6, 6.07) is 20.7. The molecular weight excluding hydrogens is 328 g/mol. The second-order valence-electron chi connectivity index (χ2n) is 6.31. The van der Waals surface area contributed by atoms with E-state index in [1.54, 1.807) is 11.8 Å². The molecule has 3 aromatic rings. The van der Waals surface area contributed by atoms with Crippen molar-refractivity contribution in [3.8, 4) is 0 Å². The van der Waals surface area contributed by atoms with E-state index in [-0.39, 0.29) is 0 Å². The maximum absolute atomic E-state index is 5.97. The minimum Gasteiger partial charge on any atom is -0.356 e. The van der Waals surface area contributed by atoms with E-state index in [1.165, 1.54) is 15.5 Å². The first-order valence-corrected chi connectivity index (χ1v) is 9.38. The van der Waals surface area contributed by atoms with E-state index in [9.17, 15) is 0 Å². The lowest BCUT2D eigenvalue weighted by molar-refractivity contribution is 0.0577. The van der Waals surface area contributed by atoms with E-state index in [0.29, 0.717) is 19.3 Å². The molecule has 0 aliphatic rings. The first-order valence-electron chi connectivity index (χ1n) is 8.56. The quantitative estimate of drug-likeness (QED) is 0.550. The smallest absolute Gasteiger partial charge is 0.125 e. The number of imidazole rings is 1. The van der Waals surface area contributed by atoms with E-state index >= 15 is 0 Å². The van der Waals surface area contributed by atoms with Crippen LogP contribution < -0.4 is 0 Å². The van der Waals surface area contributed by atoms with Crippen LogP contribution in [-0.4, -0.2) is 9.55 Å². The van der Waals surface area contributed by atoms with Crippen molar-refractivity contribution in [2.75, 3.05) is 0 Å². The largest absolute Gasteiger partial charge is 0.356 e. The van der Waals surface area contributed by atoms with Crippen LogP contribution in [0.25, 0.3) is 0 Å². The third-order valence-electron chi connectivity index (χ3n) is 3.97. The van der Waals surface area contributed by atoms with Crippen molar-refractivity contribution < 1.29 is 4.74 Å². The maximum Gasteiger partial charge on any atom is 0.125 e. The lowest BCUT2D eigenvalue weighted by atomic mass is 10.2. The molecule has 0 unspecified atom stereocenters. The number of aryl methyl sites for hydroxylation is 1. The zero-order valence-corrected chi connectivity index (χ0v) is 15.8. The predicted octanol–water partition coefficient (Wildman–Crippen LogP) is 5.64. The van der Waals surface area contributed by atoms with Crippen molar-refractivity contribution in [3.63, 3.8) is 0 Å². The lowest BCUT2D eigenvalue weighted by Gasteiger charge is -2.13. The number of nitrogens with zero attached hydrogens (tertiary/aromatic N) is 2. The Kier molecular flexibility index (Phi) is 5.95. The molecule has 0 amide bonds. The van der Waals surface area contributed by atoms with E-state index in [4.69, 9.17) is 9.72 Å². The van der Waals surface area contributed by atoms with Gasteiger partial charge in [0.2, 0.25) is 0 Å². The molecule has 2 aromatic carbocycles. The molecule has 1 heterocycles. The highest BCUT2D eigenvalue weighted by molar-refractivity contribution is 7.99. The van der Waals surface area contributed by atoms with Crippen LogP contribution >= 0.6 is 11.8 Å². The molecule has 0 saturated carbocycles. The van der Waals surface area contributed by atoms with Gasteiger partial charge in [0, 0.05) is 4.90 Å². The van der Waals surface area contributed by atoms with E-state index < -0.39 is 0 Å². The molecular formula is C21H24N2OS. The van der Waals surface area contributed by atoms with Gasteiger partial charge < -0.3 is 4.74 Å². The van der Waals surface area contributed by atoms with Gasteiger partial charge in [-0.15, -0.1) is 0 Å². The fraction of sp³-hybridized carbons (Fsp3) is 0.286. The highest BCUT2D eigenvalue weighted by Gasteiger charge is 2.18. The molecule has 0 fully saturated rings. The number of ether oxygens (including phenoxy) is 1. The molecule has 1 aromatic heterocycles. The average Bonchev–Trinajstić information content (AvgIpc) is 2.93. The predicted molar refractivity (Wildman–Crippen MR) is 103 cm³/mol. The zero-order chi connectivity index (χ0) is 17.6. The van der Waals surface area contributed by atoms with Crippen molar-refractivity contribution in [3.05, 3.63) is 77.7 Å². The molecule has 0 aliphatic heterocycles. The molecule has 0 radical (unpaired) electrons. The number of benzene rings is 2. The van der Waals surface area contributed by atoms with Crippen molar-refractivity contribution >= 4 is 11.8 Å². The topological polar surface area (TPSA) is 27.1 Å². The van der Waals surface area contributed by atoms with Gasteiger partial charge in [0.1, 0.15) is 17.6 Å². The van der Waals surface area contributed by atoms with Gasteiger partial charge in [-0.25, -0.2) is 4.98 Å². The van der Waals surface area contributed by atoms with Crippen LogP contribution in [0.2, 0.25) is 0 Å². The Balaban J connectivity index is 1.79. The lowest BCUT2D eigenvalue weighted by Crippen LogP contribution is -2.06. The van der Waals surface area contributed by atoms with Crippen molar-refractivity contribution in [2.24, 2.45) is 0 Å². The van der Waals surface area contributed by atoms with Gasteiger partial charge in [-0.05, 0) is 30.5 Å². The van der Waals surface area contributed by atoms with Gasteiger partial charge in [0.15, 0.2) is 0 Å². The third kappa shape index (κ3) is 4.53. The van der Waals surface area contributed by atoms with Crippen LogP contribution in [-0.2, 0) is 18.1 Å². The van der Waals surface area contributed by atoms with Crippen LogP contribution in [0.5, 0.6) is 0 Å². The Morgan fingerprint density at radius 2 is 1.64 bits per heavy atom. The number of hydrogen-bond acceptors (Lipinski definition) is 3. The van der Waals surface area contributed by atoms with Crippen LogP contribution in [0.15, 0.2) is 70.6 Å². The second kappa shape index (κ2) is 8.37. The Morgan fingerprint density at radius 3 is 2.28 bits per heavy atom. The summed E-state index contributed by atoms with van der Waals surface area (Å²) in [5.74, 6) is 1.37. The molecule has 0 atom stereocenters. The van der Waals surface area contributed by atoms with Gasteiger partial charge in [0.05, 0.1) is 12.3 Å². The molecule has 0 N–H and O–H groups in total. The third-order valence-corrected chi connectivity index (χ3v) is 5.10. The number of rotatable bonds is 7. The molecule has 0 spiro atoms. The van der Waals surface area contributed by atoms with Gasteiger partial charge in [-0.1, -0.05) is 74.1 Å². The Morgan fingerprint density at radius 1 is 1.00 bits per heavy atom. The average molecular weight is 353 g/mol. The highest BCUT2D eigenvalue weighted by Crippen LogP contribution is 2.34. The van der Waals surface area contributed by atoms with E-state index in [1.807, 2.05) is 31.2 Å². The fourth-order valence-electron chi connectivity index (χ4n) is 2.63. The molecule has 0 bridgehead atoms. The van der Waals surface area contributed by atoms with Crippen LogP contribution in [0.4, 0.5) is 0 Å². The second-order valence-corrected chi connectivity index (χ2v) is 7.37. The van der Waals surface area contributed by atoms with Crippen molar-refractivity contribution in [2.45, 2.75) is 49.9 Å². The van der Waals surface area contributed by atoms with Crippen molar-refractivity contribution in [1.82, 2.24) is 9.55 Å². The minimum absolute atomic E-state index is 0.375. The first-order chi connectivity index (χ1) is 12.1.